The summed E-state index contributed by atoms with van der Waals surface area (Å²) in [5.74, 6) is -1.81. The summed E-state index contributed by atoms with van der Waals surface area (Å²) in [6.45, 7) is 3.38. The first kappa shape index (κ1) is 20.6. The molecule has 0 saturated carbocycles. The number of rotatable bonds is 5. The molecule has 0 aliphatic carbocycles. The maximum Gasteiger partial charge on any atom is 0.442 e. The Kier molecular flexibility index (Phi) is 6.26. The number of hydrogen-bond acceptors (Lipinski definition) is 7. The summed E-state index contributed by atoms with van der Waals surface area (Å²) in [5.41, 5.74) is -3.09. The number of halogens is 3. The first-order chi connectivity index (χ1) is 11.6. The molecule has 0 aliphatic heterocycles. The van der Waals surface area contributed by atoms with Crippen molar-refractivity contribution in [1.29, 1.82) is 5.26 Å². The minimum absolute atomic E-state index is 0.0332. The van der Waals surface area contributed by atoms with Crippen molar-refractivity contribution in [2.75, 3.05) is 19.5 Å². The number of alkyl carbamates (subject to hydrolysis) is 1. The number of anilines is 1. The first-order valence-corrected chi connectivity index (χ1v) is 7.71. The van der Waals surface area contributed by atoms with Gasteiger partial charge in [0.2, 0.25) is 0 Å². The number of nitrogens with one attached hydrogen (secondary N) is 2. The van der Waals surface area contributed by atoms with Gasteiger partial charge in [-0.1, -0.05) is 6.92 Å². The molecule has 2 N–H and O–H groups in total. The zero-order chi connectivity index (χ0) is 19.4. The van der Waals surface area contributed by atoms with Crippen LogP contribution in [0.1, 0.15) is 22.9 Å². The predicted molar refractivity (Wildman–Crippen MR) is 83.1 cm³/mol. The van der Waals surface area contributed by atoms with Gasteiger partial charge in [-0.3, -0.25) is 5.32 Å². The molecular weight excluding hydrogens is 363 g/mol. The molecule has 1 heterocycles. The van der Waals surface area contributed by atoms with Crippen LogP contribution >= 0.6 is 11.3 Å². The number of nitrogens with zero attached hydrogens (tertiary/aromatic N) is 1. The van der Waals surface area contributed by atoms with E-state index in [2.05, 4.69) is 9.47 Å². The molecule has 1 rings (SSSR count). The van der Waals surface area contributed by atoms with E-state index in [-0.39, 0.29) is 10.6 Å². The van der Waals surface area contributed by atoms with E-state index >= 15 is 0 Å². The molecule has 1 atom stereocenters. The molecule has 1 amide bonds. The van der Waals surface area contributed by atoms with Crippen LogP contribution in [0.25, 0.3) is 0 Å². The summed E-state index contributed by atoms with van der Waals surface area (Å²) in [4.78, 5) is 24.0. The van der Waals surface area contributed by atoms with E-state index in [1.165, 1.54) is 5.32 Å². The van der Waals surface area contributed by atoms with Gasteiger partial charge in [-0.05, 0) is 18.9 Å². The number of carbonyl (C=O) groups is 2. The van der Waals surface area contributed by atoms with Gasteiger partial charge in [0.15, 0.2) is 0 Å². The van der Waals surface area contributed by atoms with Gasteiger partial charge in [-0.25, -0.2) is 9.59 Å². The van der Waals surface area contributed by atoms with Crippen LogP contribution in [-0.4, -0.2) is 38.1 Å². The predicted octanol–water partition coefficient (Wildman–Crippen LogP) is 2.69. The SMILES string of the molecule is CCc1c(C)sc(NC(NC(=O)OC)(C(=O)OC)C(F)(F)F)c1C#N. The lowest BCUT2D eigenvalue weighted by atomic mass is 10.1. The van der Waals surface area contributed by atoms with Crippen LogP contribution in [0.2, 0.25) is 0 Å². The van der Waals surface area contributed by atoms with E-state index in [1.54, 1.807) is 13.8 Å². The third-order valence-electron chi connectivity index (χ3n) is 3.37. The maximum atomic E-state index is 13.7. The second-order valence-corrected chi connectivity index (χ2v) is 6.01. The number of hydrogen-bond donors (Lipinski definition) is 2. The van der Waals surface area contributed by atoms with Crippen molar-refractivity contribution in [1.82, 2.24) is 5.32 Å². The van der Waals surface area contributed by atoms with Crippen molar-refractivity contribution in [2.45, 2.75) is 32.1 Å². The smallest absolute Gasteiger partial charge is 0.442 e. The van der Waals surface area contributed by atoms with Gasteiger partial charge in [0.1, 0.15) is 11.1 Å². The van der Waals surface area contributed by atoms with Crippen LogP contribution in [0.5, 0.6) is 0 Å². The first-order valence-electron chi connectivity index (χ1n) is 6.89. The van der Waals surface area contributed by atoms with Gasteiger partial charge < -0.3 is 14.8 Å². The fraction of sp³-hybridized carbons (Fsp3) is 0.500. The van der Waals surface area contributed by atoms with E-state index in [1.807, 2.05) is 11.4 Å². The summed E-state index contributed by atoms with van der Waals surface area (Å²) < 4.78 is 49.5. The zero-order valence-electron chi connectivity index (χ0n) is 13.8. The van der Waals surface area contributed by atoms with E-state index < -0.39 is 23.9 Å². The highest BCUT2D eigenvalue weighted by atomic mass is 32.1. The Morgan fingerprint density at radius 2 is 1.88 bits per heavy atom. The molecule has 0 bridgehead atoms. The van der Waals surface area contributed by atoms with E-state index in [9.17, 15) is 28.0 Å². The molecule has 11 heteroatoms. The highest BCUT2D eigenvalue weighted by molar-refractivity contribution is 7.16. The maximum absolute atomic E-state index is 13.7. The Balaban J connectivity index is 3.57. The third kappa shape index (κ3) is 3.79. The molecule has 7 nitrogen and oxygen atoms in total. The molecule has 1 aromatic rings. The lowest BCUT2D eigenvalue weighted by Gasteiger charge is -2.34. The van der Waals surface area contributed by atoms with Crippen molar-refractivity contribution < 1.29 is 32.2 Å². The van der Waals surface area contributed by atoms with Crippen molar-refractivity contribution in [3.8, 4) is 6.07 Å². The highest BCUT2D eigenvalue weighted by Gasteiger charge is 2.64. The molecule has 0 fully saturated rings. The molecule has 0 aromatic carbocycles. The quantitative estimate of drug-likeness (QED) is 0.603. The number of nitriles is 1. The van der Waals surface area contributed by atoms with Gasteiger partial charge in [0, 0.05) is 4.88 Å². The number of aryl methyl sites for hydroxylation is 1. The number of thiophene rings is 1. The van der Waals surface area contributed by atoms with Crippen molar-refractivity contribution in [3.63, 3.8) is 0 Å². The number of amides is 1. The fourth-order valence-corrected chi connectivity index (χ4v) is 3.28. The van der Waals surface area contributed by atoms with Crippen molar-refractivity contribution in [3.05, 3.63) is 16.0 Å². The Labute approximate surface area is 145 Å². The molecular formula is C14H16F3N3O4S. The average molecular weight is 379 g/mol. The van der Waals surface area contributed by atoms with Crippen LogP contribution in [0, 0.1) is 18.3 Å². The lowest BCUT2D eigenvalue weighted by Crippen LogP contribution is -2.69. The largest absolute Gasteiger partial charge is 0.466 e. The molecule has 0 aliphatic rings. The number of alkyl halides is 3. The topological polar surface area (TPSA) is 100 Å². The zero-order valence-corrected chi connectivity index (χ0v) is 14.6. The van der Waals surface area contributed by atoms with Crippen LogP contribution in [0.3, 0.4) is 0 Å². The fourth-order valence-electron chi connectivity index (χ4n) is 2.13. The molecule has 0 radical (unpaired) electrons. The molecule has 138 valence electrons. The van der Waals surface area contributed by atoms with E-state index in [0.717, 1.165) is 25.6 Å². The Morgan fingerprint density at radius 3 is 2.28 bits per heavy atom. The van der Waals surface area contributed by atoms with Crippen LogP contribution in [0.4, 0.5) is 23.0 Å². The third-order valence-corrected chi connectivity index (χ3v) is 4.43. The van der Waals surface area contributed by atoms with Crippen molar-refractivity contribution >= 4 is 28.4 Å². The van der Waals surface area contributed by atoms with E-state index in [0.29, 0.717) is 16.9 Å². The summed E-state index contributed by atoms with van der Waals surface area (Å²) in [7, 11) is 1.59. The second-order valence-electron chi connectivity index (χ2n) is 4.79. The van der Waals surface area contributed by atoms with Crippen molar-refractivity contribution in [2.24, 2.45) is 0 Å². The number of esters is 1. The minimum atomic E-state index is -5.29. The standard InChI is InChI=1S/C14H16F3N3O4S/c1-5-8-7(2)25-10(9(8)6-18)19-13(11(21)23-3,14(15,16)17)20-12(22)24-4/h19H,5H2,1-4H3,(H,20,22). The number of methoxy groups -OCH3 is 2. The average Bonchev–Trinajstić information content (AvgIpc) is 2.86. The van der Waals surface area contributed by atoms with Gasteiger partial charge in [0.05, 0.1) is 19.8 Å². The lowest BCUT2D eigenvalue weighted by molar-refractivity contribution is -0.203. The second kappa shape index (κ2) is 7.60. The normalized spacial score (nSPS) is 13.4. The molecule has 1 aromatic heterocycles. The van der Waals surface area contributed by atoms with Gasteiger partial charge in [-0.15, -0.1) is 11.3 Å². The molecule has 0 spiro atoms. The van der Waals surface area contributed by atoms with Crippen LogP contribution < -0.4 is 10.6 Å². The molecule has 25 heavy (non-hydrogen) atoms. The Bertz CT molecular complexity index is 711. The van der Waals surface area contributed by atoms with Gasteiger partial charge in [-0.2, -0.15) is 18.4 Å². The summed E-state index contributed by atoms with van der Waals surface area (Å²) in [6, 6.07) is 1.82. The van der Waals surface area contributed by atoms with Gasteiger partial charge >= 0.3 is 23.9 Å². The van der Waals surface area contributed by atoms with Gasteiger partial charge in [0.25, 0.3) is 0 Å². The number of carbonyl (C=O) groups excluding carboxylic acids is 2. The monoisotopic (exact) mass is 379 g/mol. The molecule has 1 unspecified atom stereocenters. The summed E-state index contributed by atoms with van der Waals surface area (Å²) >= 11 is 0.862. The number of ether oxygens (including phenoxy) is 2. The highest BCUT2D eigenvalue weighted by Crippen LogP contribution is 2.39. The van der Waals surface area contributed by atoms with Crippen LogP contribution in [-0.2, 0) is 20.7 Å². The van der Waals surface area contributed by atoms with E-state index in [4.69, 9.17) is 0 Å². The Hall–Kier alpha value is -2.48. The minimum Gasteiger partial charge on any atom is -0.466 e. The van der Waals surface area contributed by atoms with Crippen LogP contribution in [0.15, 0.2) is 0 Å². The molecule has 0 saturated heterocycles. The summed E-state index contributed by atoms with van der Waals surface area (Å²) in [5, 5.41) is 12.5. The Morgan fingerprint density at radius 1 is 1.28 bits per heavy atom. The summed E-state index contributed by atoms with van der Waals surface area (Å²) in [6.07, 6.45) is -6.38.